The van der Waals surface area contributed by atoms with Gasteiger partial charge in [0, 0.05) is 20.1 Å². The summed E-state index contributed by atoms with van der Waals surface area (Å²) in [4.78, 5) is 35.9. The van der Waals surface area contributed by atoms with E-state index < -0.39 is 12.0 Å². The van der Waals surface area contributed by atoms with E-state index in [1.54, 1.807) is 13.8 Å². The van der Waals surface area contributed by atoms with Crippen molar-refractivity contribution in [1.29, 1.82) is 0 Å². The Morgan fingerprint density at radius 3 is 2.18 bits per heavy atom. The quantitative estimate of drug-likeness (QED) is 0.665. The predicted octanol–water partition coefficient (Wildman–Crippen LogP) is -0.419. The van der Waals surface area contributed by atoms with E-state index in [0.717, 1.165) is 4.90 Å². The minimum absolute atomic E-state index is 0.0624. The van der Waals surface area contributed by atoms with Gasteiger partial charge in [0.1, 0.15) is 13.1 Å². The van der Waals surface area contributed by atoms with E-state index in [-0.39, 0.29) is 19.0 Å². The van der Waals surface area contributed by atoms with Crippen molar-refractivity contribution in [2.75, 3.05) is 33.2 Å². The molecule has 0 heterocycles. The summed E-state index contributed by atoms with van der Waals surface area (Å²) >= 11 is 0. The molecule has 0 atom stereocenters. The molecule has 2 N–H and O–H groups in total. The Bertz CT molecular complexity index is 293. The highest BCUT2D eigenvalue weighted by Crippen LogP contribution is 1.96. The lowest BCUT2D eigenvalue weighted by molar-refractivity contribution is -0.137. The predicted molar refractivity (Wildman–Crippen MR) is 61.6 cm³/mol. The van der Waals surface area contributed by atoms with E-state index >= 15 is 0 Å². The standard InChI is InChI=1S/C10H19N3O4/c1-4-11-8(14)6-13(5-2)10(17)12(3)7-9(15)16/h4-7H2,1-3H3,(H,11,14)(H,15,16). The maximum atomic E-state index is 11.8. The summed E-state index contributed by atoms with van der Waals surface area (Å²) in [6.07, 6.45) is 0. The highest BCUT2D eigenvalue weighted by atomic mass is 16.4. The molecular weight excluding hydrogens is 226 g/mol. The molecule has 0 bridgehead atoms. The van der Waals surface area contributed by atoms with Crippen LogP contribution in [0.3, 0.4) is 0 Å². The third-order valence-electron chi connectivity index (χ3n) is 2.06. The number of urea groups is 1. The Balaban J connectivity index is 4.39. The third kappa shape index (κ3) is 5.74. The van der Waals surface area contributed by atoms with Crippen LogP contribution in [-0.4, -0.2) is 66.0 Å². The van der Waals surface area contributed by atoms with Crippen molar-refractivity contribution >= 4 is 17.9 Å². The lowest BCUT2D eigenvalue weighted by Crippen LogP contribution is -2.47. The molecule has 0 aliphatic carbocycles. The molecule has 0 aromatic heterocycles. The number of rotatable bonds is 6. The molecule has 0 aliphatic heterocycles. The van der Waals surface area contributed by atoms with Gasteiger partial charge in [0.15, 0.2) is 0 Å². The van der Waals surface area contributed by atoms with Crippen molar-refractivity contribution in [1.82, 2.24) is 15.1 Å². The van der Waals surface area contributed by atoms with Gasteiger partial charge in [0.2, 0.25) is 5.91 Å². The number of carboxylic acid groups (broad SMARTS) is 1. The number of carboxylic acids is 1. The Morgan fingerprint density at radius 1 is 1.18 bits per heavy atom. The first-order chi connectivity index (χ1) is 7.92. The van der Waals surface area contributed by atoms with Gasteiger partial charge in [-0.05, 0) is 13.8 Å². The van der Waals surface area contributed by atoms with E-state index in [1.165, 1.54) is 11.9 Å². The second kappa shape index (κ2) is 7.48. The molecule has 0 aromatic rings. The topological polar surface area (TPSA) is 90.0 Å². The third-order valence-corrected chi connectivity index (χ3v) is 2.06. The van der Waals surface area contributed by atoms with E-state index in [0.29, 0.717) is 13.1 Å². The van der Waals surface area contributed by atoms with Gasteiger partial charge in [0.25, 0.3) is 0 Å². The molecule has 0 spiro atoms. The molecule has 0 saturated carbocycles. The van der Waals surface area contributed by atoms with Crippen LogP contribution in [0.4, 0.5) is 4.79 Å². The summed E-state index contributed by atoms with van der Waals surface area (Å²) in [6, 6.07) is -0.471. The maximum Gasteiger partial charge on any atom is 0.323 e. The Kier molecular flexibility index (Phi) is 6.69. The van der Waals surface area contributed by atoms with Gasteiger partial charge in [-0.15, -0.1) is 0 Å². The summed E-state index contributed by atoms with van der Waals surface area (Å²) in [5.41, 5.74) is 0. The number of likely N-dealkylation sites (N-methyl/N-ethyl adjacent to an activating group) is 3. The molecule has 98 valence electrons. The van der Waals surface area contributed by atoms with Crippen LogP contribution in [0, 0.1) is 0 Å². The fourth-order valence-corrected chi connectivity index (χ4v) is 1.25. The number of nitrogens with zero attached hydrogens (tertiary/aromatic N) is 2. The van der Waals surface area contributed by atoms with Crippen LogP contribution >= 0.6 is 0 Å². The summed E-state index contributed by atoms with van der Waals surface area (Å²) in [5.74, 6) is -1.35. The Hall–Kier alpha value is -1.79. The fourth-order valence-electron chi connectivity index (χ4n) is 1.25. The van der Waals surface area contributed by atoms with Gasteiger partial charge in [-0.1, -0.05) is 0 Å². The molecule has 0 saturated heterocycles. The van der Waals surface area contributed by atoms with E-state index in [1.807, 2.05) is 0 Å². The monoisotopic (exact) mass is 245 g/mol. The summed E-state index contributed by atoms with van der Waals surface area (Å²) in [7, 11) is 1.39. The molecule has 0 radical (unpaired) electrons. The SMILES string of the molecule is CCNC(=O)CN(CC)C(=O)N(C)CC(=O)O. The zero-order chi connectivity index (χ0) is 13.4. The van der Waals surface area contributed by atoms with E-state index in [9.17, 15) is 14.4 Å². The van der Waals surface area contributed by atoms with Crippen molar-refractivity contribution in [2.24, 2.45) is 0 Å². The molecular formula is C10H19N3O4. The van der Waals surface area contributed by atoms with Gasteiger partial charge in [-0.3, -0.25) is 9.59 Å². The molecule has 0 aromatic carbocycles. The number of nitrogens with one attached hydrogen (secondary N) is 1. The molecule has 0 fully saturated rings. The average molecular weight is 245 g/mol. The molecule has 7 heteroatoms. The van der Waals surface area contributed by atoms with Crippen molar-refractivity contribution in [3.8, 4) is 0 Å². The first-order valence-corrected chi connectivity index (χ1v) is 5.40. The number of hydrogen-bond donors (Lipinski definition) is 2. The first-order valence-electron chi connectivity index (χ1n) is 5.40. The molecule has 17 heavy (non-hydrogen) atoms. The van der Waals surface area contributed by atoms with Crippen molar-refractivity contribution < 1.29 is 19.5 Å². The lowest BCUT2D eigenvalue weighted by Gasteiger charge is -2.25. The van der Waals surface area contributed by atoms with Crippen molar-refractivity contribution in [2.45, 2.75) is 13.8 Å². The van der Waals surface area contributed by atoms with Crippen LogP contribution in [0.2, 0.25) is 0 Å². The summed E-state index contributed by atoms with van der Waals surface area (Å²) in [5, 5.41) is 11.1. The number of hydrogen-bond acceptors (Lipinski definition) is 3. The number of aliphatic carboxylic acids is 1. The van der Waals surface area contributed by atoms with E-state index in [4.69, 9.17) is 5.11 Å². The highest BCUT2D eigenvalue weighted by molar-refractivity contribution is 5.85. The fraction of sp³-hybridized carbons (Fsp3) is 0.700. The second-order valence-corrected chi connectivity index (χ2v) is 3.50. The smallest absolute Gasteiger partial charge is 0.323 e. The Morgan fingerprint density at radius 2 is 1.76 bits per heavy atom. The average Bonchev–Trinajstić information content (AvgIpc) is 2.24. The Labute approximate surface area is 100 Å². The molecule has 0 unspecified atom stereocenters. The van der Waals surface area contributed by atoms with Gasteiger partial charge < -0.3 is 20.2 Å². The number of amides is 3. The van der Waals surface area contributed by atoms with Crippen LogP contribution in [-0.2, 0) is 9.59 Å². The molecule has 7 nitrogen and oxygen atoms in total. The van der Waals surface area contributed by atoms with Gasteiger partial charge in [-0.2, -0.15) is 0 Å². The van der Waals surface area contributed by atoms with Gasteiger partial charge in [0.05, 0.1) is 0 Å². The molecule has 3 amide bonds. The summed E-state index contributed by atoms with van der Waals surface area (Å²) in [6.45, 7) is 3.91. The van der Waals surface area contributed by atoms with Crippen LogP contribution < -0.4 is 5.32 Å². The van der Waals surface area contributed by atoms with Crippen LogP contribution in [0.15, 0.2) is 0 Å². The van der Waals surface area contributed by atoms with Crippen LogP contribution in [0.5, 0.6) is 0 Å². The normalized spacial score (nSPS) is 9.59. The van der Waals surface area contributed by atoms with Crippen molar-refractivity contribution in [3.63, 3.8) is 0 Å². The van der Waals surface area contributed by atoms with Crippen LogP contribution in [0.25, 0.3) is 0 Å². The highest BCUT2D eigenvalue weighted by Gasteiger charge is 2.20. The van der Waals surface area contributed by atoms with E-state index in [2.05, 4.69) is 5.32 Å². The zero-order valence-corrected chi connectivity index (χ0v) is 10.4. The van der Waals surface area contributed by atoms with Gasteiger partial charge >= 0.3 is 12.0 Å². The first kappa shape index (κ1) is 15.2. The van der Waals surface area contributed by atoms with Crippen LogP contribution in [0.1, 0.15) is 13.8 Å². The minimum atomic E-state index is -1.09. The lowest BCUT2D eigenvalue weighted by atomic mass is 10.4. The second-order valence-electron chi connectivity index (χ2n) is 3.50. The minimum Gasteiger partial charge on any atom is -0.480 e. The van der Waals surface area contributed by atoms with Crippen molar-refractivity contribution in [3.05, 3.63) is 0 Å². The zero-order valence-electron chi connectivity index (χ0n) is 10.4. The number of carbonyl (C=O) groups excluding carboxylic acids is 2. The maximum absolute atomic E-state index is 11.8. The summed E-state index contributed by atoms with van der Waals surface area (Å²) < 4.78 is 0. The van der Waals surface area contributed by atoms with Gasteiger partial charge in [-0.25, -0.2) is 4.79 Å². The molecule has 0 aliphatic rings. The number of carbonyl (C=O) groups is 3. The molecule has 0 rings (SSSR count). The largest absolute Gasteiger partial charge is 0.480 e.